The van der Waals surface area contributed by atoms with Gasteiger partial charge in [-0.3, -0.25) is 4.98 Å². The third-order valence-electron chi connectivity index (χ3n) is 2.03. The quantitative estimate of drug-likeness (QED) is 0.860. The van der Waals surface area contributed by atoms with Crippen molar-refractivity contribution < 1.29 is 8.42 Å². The van der Waals surface area contributed by atoms with Crippen molar-refractivity contribution in [1.82, 2.24) is 4.98 Å². The lowest BCUT2D eigenvalue weighted by Gasteiger charge is -2.01. The fraction of sp³-hybridized carbons (Fsp3) is 0.100. The third kappa shape index (κ3) is 2.35. The highest BCUT2D eigenvalue weighted by molar-refractivity contribution is 9.10. The number of para-hydroxylation sites is 1. The molecule has 1 heterocycles. The van der Waals surface area contributed by atoms with E-state index in [-0.39, 0.29) is 5.75 Å². The van der Waals surface area contributed by atoms with Crippen LogP contribution in [0.4, 0.5) is 0 Å². The van der Waals surface area contributed by atoms with Gasteiger partial charge in [0.2, 0.25) is 0 Å². The third-order valence-corrected chi connectivity index (χ3v) is 3.29. The lowest BCUT2D eigenvalue weighted by molar-refractivity contribution is 0.614. The van der Waals surface area contributed by atoms with E-state index < -0.39 is 10.7 Å². The highest BCUT2D eigenvalue weighted by Crippen LogP contribution is 2.22. The van der Waals surface area contributed by atoms with Crippen LogP contribution in [0.5, 0.6) is 0 Å². The average Bonchev–Trinajstić information content (AvgIpc) is 2.17. The van der Waals surface area contributed by atoms with Crippen molar-refractivity contribution in [3.05, 3.63) is 40.5 Å². The summed E-state index contributed by atoms with van der Waals surface area (Å²) in [7, 11) is -2.39. The number of hydrogen-bond donors (Lipinski definition) is 1. The summed E-state index contributed by atoms with van der Waals surface area (Å²) in [5.41, 5.74) is 1.57. The van der Waals surface area contributed by atoms with Gasteiger partial charge in [0.1, 0.15) is 10.7 Å². The van der Waals surface area contributed by atoms with Crippen molar-refractivity contribution in [3.63, 3.8) is 0 Å². The van der Waals surface area contributed by atoms with Crippen LogP contribution in [0, 0.1) is 0 Å². The maximum atomic E-state index is 10.6. The molecule has 0 spiro atoms. The van der Waals surface area contributed by atoms with Crippen molar-refractivity contribution in [3.8, 4) is 0 Å². The molecule has 1 aromatic heterocycles. The molecule has 2 rings (SSSR count). The molecule has 0 atom stereocenters. The molecule has 78 valence electrons. The Hall–Kier alpha value is -0.940. The summed E-state index contributed by atoms with van der Waals surface area (Å²) in [5, 5.41) is 0.943. The lowest BCUT2D eigenvalue weighted by atomic mass is 10.2. The number of aromatic nitrogens is 1. The van der Waals surface area contributed by atoms with Gasteiger partial charge in [0, 0.05) is 16.1 Å². The van der Waals surface area contributed by atoms with E-state index in [1.807, 2.05) is 24.3 Å². The van der Waals surface area contributed by atoms with Crippen LogP contribution in [0.1, 0.15) is 5.56 Å². The summed E-state index contributed by atoms with van der Waals surface area (Å²) in [4.78, 5) is 4.22. The Kier molecular flexibility index (Phi) is 3.02. The van der Waals surface area contributed by atoms with Crippen molar-refractivity contribution >= 4 is 37.5 Å². The molecule has 0 N–H and O–H groups in total. The predicted molar refractivity (Wildman–Crippen MR) is 63.5 cm³/mol. The standard InChI is InChI=1S/C10H8BrNO2S/c11-9-3-1-2-8-4-7(6-15(13)14)5-12-10(8)9/h1-5,15H,6H2. The van der Waals surface area contributed by atoms with E-state index in [9.17, 15) is 8.42 Å². The summed E-state index contributed by atoms with van der Waals surface area (Å²) in [5.74, 6) is 0.0464. The topological polar surface area (TPSA) is 47.0 Å². The highest BCUT2D eigenvalue weighted by Gasteiger charge is 2.01. The van der Waals surface area contributed by atoms with E-state index in [4.69, 9.17) is 0 Å². The zero-order valence-corrected chi connectivity index (χ0v) is 10.2. The minimum Gasteiger partial charge on any atom is -0.255 e. The Morgan fingerprint density at radius 2 is 2.13 bits per heavy atom. The van der Waals surface area contributed by atoms with Crippen LogP contribution in [-0.2, 0) is 16.5 Å². The van der Waals surface area contributed by atoms with Crippen molar-refractivity contribution in [1.29, 1.82) is 0 Å². The number of halogens is 1. The van der Waals surface area contributed by atoms with Gasteiger partial charge in [0.05, 0.1) is 11.3 Å². The molecule has 0 amide bonds. The molecule has 0 radical (unpaired) electrons. The van der Waals surface area contributed by atoms with Gasteiger partial charge in [-0.15, -0.1) is 0 Å². The first kappa shape index (κ1) is 10.6. The van der Waals surface area contributed by atoms with Gasteiger partial charge >= 0.3 is 0 Å². The molecule has 1 aromatic carbocycles. The summed E-state index contributed by atoms with van der Waals surface area (Å²) in [6.07, 6.45) is 1.60. The second-order valence-electron chi connectivity index (χ2n) is 3.15. The van der Waals surface area contributed by atoms with E-state index in [0.717, 1.165) is 20.9 Å². The summed E-state index contributed by atoms with van der Waals surface area (Å²) in [6.45, 7) is 0. The fourth-order valence-corrected chi connectivity index (χ4v) is 2.36. The molecular weight excluding hydrogens is 278 g/mol. The Balaban J connectivity index is 2.56. The number of benzene rings is 1. The Bertz CT molecular complexity index is 573. The smallest absolute Gasteiger partial charge is 0.144 e. The first-order valence-electron chi connectivity index (χ1n) is 4.32. The number of nitrogens with zero attached hydrogens (tertiary/aromatic N) is 1. The zero-order valence-electron chi connectivity index (χ0n) is 7.68. The minimum absolute atomic E-state index is 0.0464. The monoisotopic (exact) mass is 285 g/mol. The maximum Gasteiger partial charge on any atom is 0.144 e. The Morgan fingerprint density at radius 3 is 2.87 bits per heavy atom. The predicted octanol–water partition coefficient (Wildman–Crippen LogP) is 2.11. The van der Waals surface area contributed by atoms with E-state index in [2.05, 4.69) is 20.9 Å². The molecule has 0 aliphatic rings. The fourth-order valence-electron chi connectivity index (χ4n) is 1.40. The highest BCUT2D eigenvalue weighted by atomic mass is 79.9. The molecule has 5 heteroatoms. The van der Waals surface area contributed by atoms with Crippen LogP contribution in [0.15, 0.2) is 34.9 Å². The van der Waals surface area contributed by atoms with Gasteiger partial charge < -0.3 is 0 Å². The van der Waals surface area contributed by atoms with Gasteiger partial charge in [-0.1, -0.05) is 12.1 Å². The molecular formula is C10H8BrNO2S. The van der Waals surface area contributed by atoms with Gasteiger partial charge in [-0.25, -0.2) is 8.42 Å². The SMILES string of the molecule is O=[SH](=O)Cc1cnc2c(Br)cccc2c1. The molecule has 3 nitrogen and oxygen atoms in total. The average molecular weight is 286 g/mol. The van der Waals surface area contributed by atoms with Crippen LogP contribution in [0.2, 0.25) is 0 Å². The second-order valence-corrected chi connectivity index (χ2v) is 4.98. The van der Waals surface area contributed by atoms with Crippen LogP contribution >= 0.6 is 15.9 Å². The van der Waals surface area contributed by atoms with E-state index in [0.29, 0.717) is 0 Å². The van der Waals surface area contributed by atoms with Crippen molar-refractivity contribution in [2.24, 2.45) is 0 Å². The molecule has 0 saturated heterocycles. The zero-order chi connectivity index (χ0) is 10.8. The van der Waals surface area contributed by atoms with Crippen LogP contribution < -0.4 is 0 Å². The van der Waals surface area contributed by atoms with E-state index >= 15 is 0 Å². The Morgan fingerprint density at radius 1 is 1.33 bits per heavy atom. The number of rotatable bonds is 2. The summed E-state index contributed by atoms with van der Waals surface area (Å²) >= 11 is 3.39. The number of thiol groups is 1. The first-order chi connectivity index (χ1) is 7.16. The van der Waals surface area contributed by atoms with Gasteiger partial charge in [0.25, 0.3) is 0 Å². The van der Waals surface area contributed by atoms with Gasteiger partial charge in [-0.2, -0.15) is 0 Å². The molecule has 0 aliphatic carbocycles. The van der Waals surface area contributed by atoms with Crippen LogP contribution in [0.3, 0.4) is 0 Å². The molecule has 0 saturated carbocycles. The van der Waals surface area contributed by atoms with E-state index in [1.54, 1.807) is 6.20 Å². The molecule has 0 bridgehead atoms. The van der Waals surface area contributed by atoms with Gasteiger partial charge in [0.15, 0.2) is 0 Å². The van der Waals surface area contributed by atoms with E-state index in [1.165, 1.54) is 0 Å². The molecule has 2 aromatic rings. The van der Waals surface area contributed by atoms with Crippen LogP contribution in [-0.4, -0.2) is 13.4 Å². The van der Waals surface area contributed by atoms with Crippen molar-refractivity contribution in [2.45, 2.75) is 5.75 Å². The first-order valence-corrected chi connectivity index (χ1v) is 6.47. The number of hydrogen-bond acceptors (Lipinski definition) is 3. The molecule has 0 unspecified atom stereocenters. The van der Waals surface area contributed by atoms with Gasteiger partial charge in [-0.05, 0) is 33.6 Å². The van der Waals surface area contributed by atoms with Crippen molar-refractivity contribution in [2.75, 3.05) is 0 Å². The number of pyridine rings is 1. The molecule has 0 aliphatic heterocycles. The molecule has 15 heavy (non-hydrogen) atoms. The normalized spacial score (nSPS) is 11.1. The minimum atomic E-state index is -2.39. The summed E-state index contributed by atoms with van der Waals surface area (Å²) in [6, 6.07) is 7.56. The second kappa shape index (κ2) is 4.28. The maximum absolute atomic E-state index is 10.6. The van der Waals surface area contributed by atoms with Crippen LogP contribution in [0.25, 0.3) is 10.9 Å². The lowest BCUT2D eigenvalue weighted by Crippen LogP contribution is -1.89. The summed E-state index contributed by atoms with van der Waals surface area (Å²) < 4.78 is 22.1. The molecule has 0 fully saturated rings. The Labute approximate surface area is 97.2 Å². The largest absolute Gasteiger partial charge is 0.255 e. The number of fused-ring (bicyclic) bond motifs is 1.